The molecule has 0 fully saturated rings. The zero-order valence-electron chi connectivity index (χ0n) is 22.6. The monoisotopic (exact) mass is 616 g/mol. The van der Waals surface area contributed by atoms with Crippen LogP contribution < -0.4 is 20.7 Å². The summed E-state index contributed by atoms with van der Waals surface area (Å²) in [5, 5.41) is 11.4. The quantitative estimate of drug-likeness (QED) is 0.175. The van der Waals surface area contributed by atoms with Gasteiger partial charge >= 0.3 is 0 Å². The molecule has 0 bridgehead atoms. The number of hydrogen-bond acceptors (Lipinski definition) is 5. The van der Waals surface area contributed by atoms with Crippen molar-refractivity contribution in [3.8, 4) is 0 Å². The molecule has 4 aromatic carbocycles. The number of rotatable bonds is 10. The lowest BCUT2D eigenvalue weighted by Gasteiger charge is -2.43. The molecular formula is C30H24F4N6OSi2. The molecule has 0 spiro atoms. The number of aromatic nitrogens is 6. The molecule has 2 aromatic heterocycles. The lowest BCUT2D eigenvalue weighted by molar-refractivity contribution is 0.517. The van der Waals surface area contributed by atoms with Gasteiger partial charge in [0.2, 0.25) is 0 Å². The first-order valence-electron chi connectivity index (χ1n) is 13.3. The fourth-order valence-electron chi connectivity index (χ4n) is 5.26. The summed E-state index contributed by atoms with van der Waals surface area (Å²) in [5.74, 6) is -1.74. The smallest absolute Gasteiger partial charge is 0.267 e. The highest BCUT2D eigenvalue weighted by atomic mass is 28.4. The highest BCUT2D eigenvalue weighted by molar-refractivity contribution is 7.08. The summed E-state index contributed by atoms with van der Waals surface area (Å²) < 4.78 is 68.2. The molecule has 0 atom stereocenters. The van der Waals surface area contributed by atoms with Gasteiger partial charge in [0, 0.05) is 0 Å². The summed E-state index contributed by atoms with van der Waals surface area (Å²) in [4.78, 5) is 8.24. The second-order valence-corrected chi connectivity index (χ2v) is 17.0. The van der Waals surface area contributed by atoms with Crippen LogP contribution >= 0.6 is 0 Å². The van der Waals surface area contributed by atoms with E-state index in [0.29, 0.717) is 20.7 Å². The van der Waals surface area contributed by atoms with Crippen molar-refractivity contribution in [2.24, 2.45) is 0 Å². The standard InChI is InChI=1S/C30H24F4N6OSi2/c31-23-1-9-27(10-2-23)42(21-39-19-35-17-37-39,28-11-3-24(32)4-12-28)41-43(22-40-20-36-18-38-40,29-13-5-25(33)6-14-29)30-15-7-26(34)8-16-30/h1-20H,21-22H2. The van der Waals surface area contributed by atoms with Crippen LogP contribution in [0, 0.1) is 23.3 Å². The van der Waals surface area contributed by atoms with E-state index in [4.69, 9.17) is 4.12 Å². The van der Waals surface area contributed by atoms with Gasteiger partial charge in [0.25, 0.3) is 16.6 Å². The van der Waals surface area contributed by atoms with Crippen LogP contribution in [0.5, 0.6) is 0 Å². The van der Waals surface area contributed by atoms with Crippen LogP contribution in [0.4, 0.5) is 17.6 Å². The first-order chi connectivity index (χ1) is 20.9. The molecule has 6 rings (SSSR count). The van der Waals surface area contributed by atoms with Crippen molar-refractivity contribution in [3.63, 3.8) is 0 Å². The predicted molar refractivity (Wildman–Crippen MR) is 157 cm³/mol. The SMILES string of the molecule is Fc1ccc([Si](Cn2cncn2)(O[Si](Cn2cncn2)(c2ccc(F)cc2)c2ccc(F)cc2)c2ccc(F)cc2)cc1. The Morgan fingerprint density at radius 3 is 0.977 bits per heavy atom. The van der Waals surface area contributed by atoms with E-state index in [2.05, 4.69) is 20.2 Å². The van der Waals surface area contributed by atoms with Crippen molar-refractivity contribution in [1.29, 1.82) is 0 Å². The normalized spacial score (nSPS) is 12.0. The van der Waals surface area contributed by atoms with Gasteiger partial charge in [-0.2, -0.15) is 10.2 Å². The van der Waals surface area contributed by atoms with Gasteiger partial charge in [0.1, 0.15) is 48.6 Å². The van der Waals surface area contributed by atoms with E-state index in [9.17, 15) is 17.6 Å². The van der Waals surface area contributed by atoms with Gasteiger partial charge in [0.15, 0.2) is 0 Å². The van der Waals surface area contributed by atoms with Gasteiger partial charge in [-0.05, 0) is 69.3 Å². The van der Waals surface area contributed by atoms with Crippen LogP contribution in [-0.4, -0.2) is 46.2 Å². The maximum atomic E-state index is 14.3. The molecule has 0 radical (unpaired) electrons. The zero-order chi connectivity index (χ0) is 29.9. The van der Waals surface area contributed by atoms with E-state index in [0.717, 1.165) is 0 Å². The Morgan fingerprint density at radius 2 is 0.744 bits per heavy atom. The van der Waals surface area contributed by atoms with Crippen molar-refractivity contribution >= 4 is 37.4 Å². The van der Waals surface area contributed by atoms with Gasteiger partial charge in [-0.15, -0.1) is 0 Å². The Balaban J connectivity index is 1.68. The Bertz CT molecular complexity index is 1550. The minimum atomic E-state index is -3.62. The molecule has 6 aromatic rings. The average Bonchev–Trinajstić information content (AvgIpc) is 3.73. The Morgan fingerprint density at radius 1 is 0.465 bits per heavy atom. The van der Waals surface area contributed by atoms with E-state index in [1.807, 2.05) is 0 Å². The van der Waals surface area contributed by atoms with Crippen molar-refractivity contribution < 1.29 is 21.7 Å². The van der Waals surface area contributed by atoms with Crippen LogP contribution in [-0.2, 0) is 16.5 Å². The van der Waals surface area contributed by atoms with Crippen molar-refractivity contribution in [1.82, 2.24) is 29.5 Å². The second kappa shape index (κ2) is 11.9. The Labute approximate surface area is 246 Å². The molecule has 13 heteroatoms. The van der Waals surface area contributed by atoms with E-state index in [1.165, 1.54) is 61.2 Å². The molecule has 0 saturated heterocycles. The highest BCUT2D eigenvalue weighted by Crippen LogP contribution is 2.22. The summed E-state index contributed by atoms with van der Waals surface area (Å²) in [6.45, 7) is 0. The molecule has 0 aliphatic carbocycles. The first-order valence-corrected chi connectivity index (χ1v) is 17.5. The number of hydrogen-bond donors (Lipinski definition) is 0. The first kappa shape index (κ1) is 28.4. The molecular weight excluding hydrogens is 593 g/mol. The van der Waals surface area contributed by atoms with E-state index >= 15 is 0 Å². The number of benzene rings is 4. The molecule has 0 aliphatic rings. The fourth-order valence-corrected chi connectivity index (χ4v) is 15.5. The molecule has 0 N–H and O–H groups in total. The zero-order valence-corrected chi connectivity index (χ0v) is 24.6. The fraction of sp³-hybridized carbons (Fsp3) is 0.0667. The molecule has 0 saturated carbocycles. The van der Waals surface area contributed by atoms with Crippen molar-refractivity contribution in [2.45, 2.75) is 12.3 Å². The maximum Gasteiger partial charge on any atom is 0.267 e. The third-order valence-electron chi connectivity index (χ3n) is 7.29. The summed E-state index contributed by atoms with van der Waals surface area (Å²) in [5.41, 5.74) is 0. The van der Waals surface area contributed by atoms with Crippen molar-refractivity contribution in [3.05, 3.63) is 146 Å². The predicted octanol–water partition coefficient (Wildman–Crippen LogP) is 2.74. The van der Waals surface area contributed by atoms with Gasteiger partial charge in [-0.25, -0.2) is 27.5 Å². The third-order valence-corrected chi connectivity index (χ3v) is 16.7. The molecule has 0 unspecified atom stereocenters. The van der Waals surface area contributed by atoms with Crippen LogP contribution in [0.3, 0.4) is 0 Å². The molecule has 2 heterocycles. The van der Waals surface area contributed by atoms with Crippen LogP contribution in [0.25, 0.3) is 0 Å². The Hall–Kier alpha value is -4.73. The molecule has 43 heavy (non-hydrogen) atoms. The lowest BCUT2D eigenvalue weighted by Crippen LogP contribution is -2.76. The van der Waals surface area contributed by atoms with Gasteiger partial charge in [-0.1, -0.05) is 48.5 Å². The van der Waals surface area contributed by atoms with Gasteiger partial charge < -0.3 is 4.12 Å². The van der Waals surface area contributed by atoms with Gasteiger partial charge in [-0.3, -0.25) is 9.36 Å². The lowest BCUT2D eigenvalue weighted by atomic mass is 10.3. The number of nitrogens with zero attached hydrogens (tertiary/aromatic N) is 6. The molecule has 7 nitrogen and oxygen atoms in total. The van der Waals surface area contributed by atoms with E-state index in [-0.39, 0.29) is 12.3 Å². The summed E-state index contributed by atoms with van der Waals surface area (Å²) in [6.07, 6.45) is 6.25. The molecule has 0 aliphatic heterocycles. The highest BCUT2D eigenvalue weighted by Gasteiger charge is 2.52. The van der Waals surface area contributed by atoms with Crippen LogP contribution in [0.15, 0.2) is 122 Å². The molecule has 0 amide bonds. The van der Waals surface area contributed by atoms with Crippen molar-refractivity contribution in [2.75, 3.05) is 0 Å². The molecule has 216 valence electrons. The minimum absolute atomic E-state index is 0.179. The van der Waals surface area contributed by atoms with Crippen LogP contribution in [0.2, 0.25) is 0 Å². The van der Waals surface area contributed by atoms with Gasteiger partial charge in [0.05, 0.1) is 12.3 Å². The summed E-state index contributed by atoms with van der Waals surface area (Å²) in [6, 6.07) is 24.1. The Kier molecular flexibility index (Phi) is 7.84. The number of halogens is 4. The minimum Gasteiger partial charge on any atom is -0.440 e. The third kappa shape index (κ3) is 5.82. The summed E-state index contributed by atoms with van der Waals surface area (Å²) >= 11 is 0. The summed E-state index contributed by atoms with van der Waals surface area (Å²) in [7, 11) is -7.24. The second-order valence-electron chi connectivity index (χ2n) is 9.97. The van der Waals surface area contributed by atoms with E-state index < -0.39 is 39.9 Å². The maximum absolute atomic E-state index is 14.3. The average molecular weight is 617 g/mol. The van der Waals surface area contributed by atoms with Crippen LogP contribution in [0.1, 0.15) is 0 Å². The topological polar surface area (TPSA) is 70.7 Å². The van der Waals surface area contributed by atoms with E-state index in [1.54, 1.807) is 70.5 Å². The largest absolute Gasteiger partial charge is 0.440 e.